The van der Waals surface area contributed by atoms with Crippen LogP contribution in [0.3, 0.4) is 0 Å². The average molecular weight is 435 g/mol. The molecule has 0 saturated carbocycles. The van der Waals surface area contributed by atoms with E-state index in [1.165, 1.54) is 0 Å². The summed E-state index contributed by atoms with van der Waals surface area (Å²) in [5, 5.41) is 2.85. The number of H-pyrrole nitrogens is 1. The molecule has 0 radical (unpaired) electrons. The van der Waals surface area contributed by atoms with Crippen molar-refractivity contribution in [2.45, 2.75) is 13.1 Å². The number of nitrogens with one attached hydrogen (secondary N) is 1. The van der Waals surface area contributed by atoms with Crippen molar-refractivity contribution in [3.05, 3.63) is 92.4 Å². The maximum absolute atomic E-state index is 13.3. The van der Waals surface area contributed by atoms with Gasteiger partial charge in [0.15, 0.2) is 0 Å². The van der Waals surface area contributed by atoms with Crippen molar-refractivity contribution in [2.24, 2.45) is 0 Å². The standard InChI is InChI=1S/C24H22N2O4S/c1-29-19-8-5-16(6-9-19)24(28)26(15-21-4-3-11-31-21)14-18-12-17-7-10-20(30-2)13-22(17)25-23(18)27/h3-13H,14-15H2,1-2H3,(H,25,27). The number of ether oxygens (including phenoxy) is 2. The van der Waals surface area contributed by atoms with Gasteiger partial charge in [0.1, 0.15) is 11.5 Å². The van der Waals surface area contributed by atoms with Crippen molar-refractivity contribution in [3.8, 4) is 11.5 Å². The summed E-state index contributed by atoms with van der Waals surface area (Å²) in [5.74, 6) is 1.21. The van der Waals surface area contributed by atoms with Gasteiger partial charge in [-0.05, 0) is 59.3 Å². The predicted octanol–water partition coefficient (Wildman–Crippen LogP) is 4.45. The minimum absolute atomic E-state index is 0.148. The number of rotatable bonds is 7. The molecule has 0 atom stereocenters. The maximum Gasteiger partial charge on any atom is 0.254 e. The highest BCUT2D eigenvalue weighted by molar-refractivity contribution is 7.09. The fourth-order valence-corrected chi connectivity index (χ4v) is 4.10. The molecule has 4 aromatic rings. The number of aromatic nitrogens is 1. The van der Waals surface area contributed by atoms with Crippen LogP contribution in [-0.2, 0) is 13.1 Å². The van der Waals surface area contributed by atoms with E-state index < -0.39 is 0 Å². The number of carbonyl (C=O) groups is 1. The number of fused-ring (bicyclic) bond motifs is 1. The zero-order valence-electron chi connectivity index (χ0n) is 17.3. The van der Waals surface area contributed by atoms with E-state index in [9.17, 15) is 9.59 Å². The first-order chi connectivity index (χ1) is 15.1. The molecule has 2 aromatic carbocycles. The molecule has 0 aliphatic heterocycles. The van der Waals surface area contributed by atoms with Gasteiger partial charge in [-0.2, -0.15) is 0 Å². The third kappa shape index (κ3) is 4.62. The Bertz CT molecular complexity index is 1250. The molecule has 2 heterocycles. The Morgan fingerprint density at radius 1 is 0.968 bits per heavy atom. The van der Waals surface area contributed by atoms with E-state index in [0.29, 0.717) is 34.7 Å². The molecular formula is C24H22N2O4S. The molecule has 4 rings (SSSR count). The summed E-state index contributed by atoms with van der Waals surface area (Å²) in [7, 11) is 3.17. The van der Waals surface area contributed by atoms with E-state index in [2.05, 4.69) is 4.98 Å². The molecule has 0 bridgehead atoms. The smallest absolute Gasteiger partial charge is 0.254 e. The summed E-state index contributed by atoms with van der Waals surface area (Å²) in [6.45, 7) is 0.614. The first kappa shape index (κ1) is 20.7. The van der Waals surface area contributed by atoms with Gasteiger partial charge in [0.2, 0.25) is 0 Å². The highest BCUT2D eigenvalue weighted by Crippen LogP contribution is 2.21. The topological polar surface area (TPSA) is 71.6 Å². The van der Waals surface area contributed by atoms with Crippen LogP contribution in [0, 0.1) is 0 Å². The van der Waals surface area contributed by atoms with E-state index in [1.54, 1.807) is 60.8 Å². The molecule has 2 aromatic heterocycles. The number of amides is 1. The Hall–Kier alpha value is -3.58. The third-order valence-corrected chi connectivity index (χ3v) is 5.90. The molecule has 0 aliphatic carbocycles. The molecule has 6 nitrogen and oxygen atoms in total. The van der Waals surface area contributed by atoms with Crippen LogP contribution in [0.25, 0.3) is 10.9 Å². The van der Waals surface area contributed by atoms with Crippen LogP contribution in [0.5, 0.6) is 11.5 Å². The summed E-state index contributed by atoms with van der Waals surface area (Å²) in [6, 6.07) is 18.3. The van der Waals surface area contributed by atoms with E-state index in [4.69, 9.17) is 9.47 Å². The quantitative estimate of drug-likeness (QED) is 0.467. The van der Waals surface area contributed by atoms with Gasteiger partial charge in [-0.25, -0.2) is 0 Å². The summed E-state index contributed by atoms with van der Waals surface area (Å²) in [6.07, 6.45) is 0. The number of nitrogens with zero attached hydrogens (tertiary/aromatic N) is 1. The summed E-state index contributed by atoms with van der Waals surface area (Å²) in [4.78, 5) is 31.7. The Morgan fingerprint density at radius 3 is 2.39 bits per heavy atom. The molecule has 0 saturated heterocycles. The number of hydrogen-bond acceptors (Lipinski definition) is 5. The van der Waals surface area contributed by atoms with Gasteiger partial charge in [0, 0.05) is 22.1 Å². The van der Waals surface area contributed by atoms with Gasteiger partial charge in [0.05, 0.1) is 32.8 Å². The SMILES string of the molecule is COc1ccc(C(=O)N(Cc2cccs2)Cc2cc3ccc(OC)cc3[nH]c2=O)cc1. The summed E-state index contributed by atoms with van der Waals surface area (Å²) < 4.78 is 10.4. The fraction of sp³-hybridized carbons (Fsp3) is 0.167. The van der Waals surface area contributed by atoms with Gasteiger partial charge in [-0.15, -0.1) is 11.3 Å². The Morgan fingerprint density at radius 2 is 1.71 bits per heavy atom. The molecule has 0 unspecified atom stereocenters. The lowest BCUT2D eigenvalue weighted by atomic mass is 10.1. The lowest BCUT2D eigenvalue weighted by Gasteiger charge is -2.22. The second-order valence-corrected chi connectivity index (χ2v) is 8.08. The minimum atomic E-state index is -0.223. The van der Waals surface area contributed by atoms with Crippen LogP contribution in [0.4, 0.5) is 0 Å². The minimum Gasteiger partial charge on any atom is -0.497 e. The molecule has 1 N–H and O–H groups in total. The van der Waals surface area contributed by atoms with Crippen LogP contribution in [0.15, 0.2) is 70.8 Å². The Kier molecular flexibility index (Phi) is 6.04. The molecule has 0 aliphatic rings. The normalized spacial score (nSPS) is 10.8. The van der Waals surface area contributed by atoms with Crippen molar-refractivity contribution < 1.29 is 14.3 Å². The summed E-state index contributed by atoms with van der Waals surface area (Å²) in [5.41, 5.74) is 1.54. The van der Waals surface area contributed by atoms with Gasteiger partial charge in [0.25, 0.3) is 11.5 Å². The largest absolute Gasteiger partial charge is 0.497 e. The van der Waals surface area contributed by atoms with Crippen LogP contribution in [-0.4, -0.2) is 30.0 Å². The highest BCUT2D eigenvalue weighted by atomic mass is 32.1. The molecule has 7 heteroatoms. The van der Waals surface area contributed by atoms with Crippen molar-refractivity contribution in [1.29, 1.82) is 0 Å². The van der Waals surface area contributed by atoms with Gasteiger partial charge in [-0.3, -0.25) is 9.59 Å². The van der Waals surface area contributed by atoms with Crippen LogP contribution < -0.4 is 15.0 Å². The van der Waals surface area contributed by atoms with E-state index >= 15 is 0 Å². The zero-order chi connectivity index (χ0) is 21.8. The number of methoxy groups -OCH3 is 2. The molecule has 158 valence electrons. The number of thiophene rings is 1. The summed E-state index contributed by atoms with van der Waals surface area (Å²) >= 11 is 1.58. The highest BCUT2D eigenvalue weighted by Gasteiger charge is 2.19. The third-order valence-electron chi connectivity index (χ3n) is 5.04. The van der Waals surface area contributed by atoms with E-state index in [0.717, 1.165) is 10.3 Å². The lowest BCUT2D eigenvalue weighted by molar-refractivity contribution is 0.0731. The zero-order valence-corrected chi connectivity index (χ0v) is 18.1. The second-order valence-electron chi connectivity index (χ2n) is 7.05. The Balaban J connectivity index is 1.67. The van der Waals surface area contributed by atoms with Gasteiger partial charge in [-0.1, -0.05) is 6.07 Å². The molecule has 0 fully saturated rings. The van der Waals surface area contributed by atoms with Crippen molar-refractivity contribution in [1.82, 2.24) is 9.88 Å². The van der Waals surface area contributed by atoms with Crippen LogP contribution >= 0.6 is 11.3 Å². The van der Waals surface area contributed by atoms with E-state index in [1.807, 2.05) is 35.7 Å². The van der Waals surface area contributed by atoms with Crippen LogP contribution in [0.1, 0.15) is 20.8 Å². The number of aromatic amines is 1. The van der Waals surface area contributed by atoms with Crippen molar-refractivity contribution in [3.63, 3.8) is 0 Å². The van der Waals surface area contributed by atoms with Crippen molar-refractivity contribution >= 4 is 28.1 Å². The number of benzene rings is 2. The van der Waals surface area contributed by atoms with Crippen molar-refractivity contribution in [2.75, 3.05) is 14.2 Å². The first-order valence-corrected chi connectivity index (χ1v) is 10.6. The number of hydrogen-bond donors (Lipinski definition) is 1. The molecule has 0 spiro atoms. The molecule has 1 amide bonds. The number of carbonyl (C=O) groups excluding carboxylic acids is 1. The molecule has 31 heavy (non-hydrogen) atoms. The monoisotopic (exact) mass is 434 g/mol. The van der Waals surface area contributed by atoms with Crippen LogP contribution in [0.2, 0.25) is 0 Å². The van der Waals surface area contributed by atoms with Gasteiger partial charge < -0.3 is 19.4 Å². The number of pyridine rings is 1. The van der Waals surface area contributed by atoms with Gasteiger partial charge >= 0.3 is 0 Å². The second kappa shape index (κ2) is 9.06. The Labute approximate surface area is 183 Å². The average Bonchev–Trinajstić information content (AvgIpc) is 3.31. The predicted molar refractivity (Wildman–Crippen MR) is 122 cm³/mol. The molecular weight excluding hydrogens is 412 g/mol. The first-order valence-electron chi connectivity index (χ1n) is 9.73. The lowest BCUT2D eigenvalue weighted by Crippen LogP contribution is -2.32. The maximum atomic E-state index is 13.3. The van der Waals surface area contributed by atoms with E-state index in [-0.39, 0.29) is 18.0 Å². The fourth-order valence-electron chi connectivity index (χ4n) is 3.38.